The number of nitriles is 1. The standard InChI is InChI=1S/C17H24FN5O4S/c1-17(24)6-3-4-14(17)27-15-11(8-19)9-20-16(22-15)21-13-5-7-23(10-12(13)18)28(2,25)26/h9,12-14,24H,3-7,10H2,1-2H3,(H,20,21,22). The Morgan fingerprint density at radius 1 is 1.50 bits per heavy atom. The molecular formula is C17H24FN5O4S. The summed E-state index contributed by atoms with van der Waals surface area (Å²) in [5.41, 5.74) is -0.884. The first-order valence-electron chi connectivity index (χ1n) is 9.12. The van der Waals surface area contributed by atoms with Crippen LogP contribution in [-0.2, 0) is 10.0 Å². The first-order valence-corrected chi connectivity index (χ1v) is 11.0. The molecule has 4 atom stereocenters. The molecule has 1 aliphatic heterocycles. The van der Waals surface area contributed by atoms with E-state index in [-0.39, 0.29) is 36.9 Å². The van der Waals surface area contributed by atoms with Gasteiger partial charge in [-0.05, 0) is 32.6 Å². The van der Waals surface area contributed by atoms with Crippen LogP contribution in [0.3, 0.4) is 0 Å². The van der Waals surface area contributed by atoms with Gasteiger partial charge < -0.3 is 15.2 Å². The highest BCUT2D eigenvalue weighted by atomic mass is 32.2. The number of rotatable bonds is 5. The average Bonchev–Trinajstić information content (AvgIpc) is 2.94. The fourth-order valence-corrected chi connectivity index (χ4v) is 4.40. The van der Waals surface area contributed by atoms with E-state index in [4.69, 9.17) is 4.74 Å². The highest BCUT2D eigenvalue weighted by Gasteiger charge is 2.39. The normalized spacial score (nSPS) is 31.3. The Bertz CT molecular complexity index is 873. The van der Waals surface area contributed by atoms with Crippen molar-refractivity contribution in [1.82, 2.24) is 14.3 Å². The number of alkyl halides is 1. The fourth-order valence-electron chi connectivity index (χ4n) is 3.55. The van der Waals surface area contributed by atoms with Crippen molar-refractivity contribution in [2.45, 2.75) is 56.5 Å². The van der Waals surface area contributed by atoms with Crippen LogP contribution in [0.15, 0.2) is 6.20 Å². The molecule has 2 N–H and O–H groups in total. The van der Waals surface area contributed by atoms with E-state index >= 15 is 0 Å². The molecule has 0 amide bonds. The predicted octanol–water partition coefficient (Wildman–Crippen LogP) is 0.814. The van der Waals surface area contributed by atoms with Gasteiger partial charge >= 0.3 is 0 Å². The quantitative estimate of drug-likeness (QED) is 0.726. The minimum atomic E-state index is -3.44. The lowest BCUT2D eigenvalue weighted by Crippen LogP contribution is -2.49. The number of halogens is 1. The molecule has 4 unspecified atom stereocenters. The van der Waals surface area contributed by atoms with E-state index < -0.39 is 33.9 Å². The lowest BCUT2D eigenvalue weighted by Gasteiger charge is -2.33. The summed E-state index contributed by atoms with van der Waals surface area (Å²) in [5.74, 6) is 0.128. The summed E-state index contributed by atoms with van der Waals surface area (Å²) < 4.78 is 44.5. The van der Waals surface area contributed by atoms with Gasteiger partial charge in [0.15, 0.2) is 0 Å². The Balaban J connectivity index is 1.72. The van der Waals surface area contributed by atoms with Crippen LogP contribution in [0.2, 0.25) is 0 Å². The lowest BCUT2D eigenvalue weighted by atomic mass is 10.0. The first kappa shape index (κ1) is 20.7. The van der Waals surface area contributed by atoms with E-state index in [2.05, 4.69) is 15.3 Å². The molecule has 9 nitrogen and oxygen atoms in total. The average molecular weight is 413 g/mol. The van der Waals surface area contributed by atoms with Gasteiger partial charge in [-0.3, -0.25) is 0 Å². The van der Waals surface area contributed by atoms with Crippen LogP contribution in [0, 0.1) is 11.3 Å². The van der Waals surface area contributed by atoms with Crippen LogP contribution in [0.5, 0.6) is 5.88 Å². The van der Waals surface area contributed by atoms with Crippen molar-refractivity contribution in [2.24, 2.45) is 0 Å². The Labute approximate surface area is 163 Å². The number of sulfonamides is 1. The predicted molar refractivity (Wildman–Crippen MR) is 99.0 cm³/mol. The Hall–Kier alpha value is -2.03. The maximum Gasteiger partial charge on any atom is 0.236 e. The van der Waals surface area contributed by atoms with E-state index in [1.807, 2.05) is 6.07 Å². The van der Waals surface area contributed by atoms with Gasteiger partial charge in [-0.15, -0.1) is 0 Å². The molecule has 0 radical (unpaired) electrons. The number of ether oxygens (including phenoxy) is 1. The summed E-state index contributed by atoms with van der Waals surface area (Å²) >= 11 is 0. The van der Waals surface area contributed by atoms with Crippen LogP contribution in [0.1, 0.15) is 38.2 Å². The van der Waals surface area contributed by atoms with Crippen molar-refractivity contribution in [1.29, 1.82) is 5.26 Å². The third kappa shape index (κ3) is 4.51. The lowest BCUT2D eigenvalue weighted by molar-refractivity contribution is -0.0271. The monoisotopic (exact) mass is 413 g/mol. The molecule has 0 aromatic carbocycles. The molecule has 2 aliphatic rings. The summed E-state index contributed by atoms with van der Waals surface area (Å²) in [7, 11) is -3.44. The van der Waals surface area contributed by atoms with E-state index in [1.54, 1.807) is 6.92 Å². The van der Waals surface area contributed by atoms with Gasteiger partial charge in [0, 0.05) is 13.1 Å². The third-order valence-electron chi connectivity index (χ3n) is 5.26. The number of anilines is 1. The molecule has 28 heavy (non-hydrogen) atoms. The van der Waals surface area contributed by atoms with Crippen molar-refractivity contribution in [3.8, 4) is 11.9 Å². The number of hydrogen-bond acceptors (Lipinski definition) is 8. The summed E-state index contributed by atoms with van der Waals surface area (Å²) in [5, 5.41) is 22.5. The van der Waals surface area contributed by atoms with Crippen LogP contribution in [0.25, 0.3) is 0 Å². The molecule has 1 aromatic rings. The molecule has 1 saturated carbocycles. The zero-order chi connectivity index (χ0) is 20.5. The number of aliphatic hydroxyl groups is 1. The Kier molecular flexibility index (Phi) is 5.74. The van der Waals surface area contributed by atoms with Crippen molar-refractivity contribution in [2.75, 3.05) is 24.7 Å². The van der Waals surface area contributed by atoms with E-state index in [0.717, 1.165) is 17.0 Å². The molecule has 154 valence electrons. The molecule has 0 bridgehead atoms. The fraction of sp³-hybridized carbons (Fsp3) is 0.706. The summed E-state index contributed by atoms with van der Waals surface area (Å²) in [6.07, 6.45) is 2.71. The summed E-state index contributed by atoms with van der Waals surface area (Å²) in [6.45, 7) is 1.64. The first-order chi connectivity index (χ1) is 13.1. The molecular weight excluding hydrogens is 389 g/mol. The van der Waals surface area contributed by atoms with Gasteiger partial charge in [0.25, 0.3) is 0 Å². The SMILES string of the molecule is CC1(O)CCCC1Oc1nc(NC2CCN(S(C)(=O)=O)CC2F)ncc1C#N. The maximum absolute atomic E-state index is 14.4. The highest BCUT2D eigenvalue weighted by Crippen LogP contribution is 2.33. The number of piperidine rings is 1. The van der Waals surface area contributed by atoms with Gasteiger partial charge in [0.05, 0.1) is 24.1 Å². The summed E-state index contributed by atoms with van der Waals surface area (Å²) in [6, 6.07) is 1.29. The minimum Gasteiger partial charge on any atom is -0.470 e. The minimum absolute atomic E-state index is 0.0381. The van der Waals surface area contributed by atoms with E-state index in [9.17, 15) is 23.2 Å². The van der Waals surface area contributed by atoms with Gasteiger partial charge in [-0.25, -0.2) is 17.8 Å². The Morgan fingerprint density at radius 3 is 2.82 bits per heavy atom. The number of nitrogens with one attached hydrogen (secondary N) is 1. The van der Waals surface area contributed by atoms with Crippen molar-refractivity contribution in [3.63, 3.8) is 0 Å². The largest absolute Gasteiger partial charge is 0.470 e. The molecule has 1 aliphatic carbocycles. The van der Waals surface area contributed by atoms with Crippen LogP contribution in [0.4, 0.5) is 10.3 Å². The van der Waals surface area contributed by atoms with Crippen LogP contribution < -0.4 is 10.1 Å². The number of nitrogens with zero attached hydrogens (tertiary/aromatic N) is 4. The van der Waals surface area contributed by atoms with Crippen molar-refractivity contribution in [3.05, 3.63) is 11.8 Å². The van der Waals surface area contributed by atoms with Gasteiger partial charge in [-0.1, -0.05) is 0 Å². The zero-order valence-electron chi connectivity index (χ0n) is 15.8. The molecule has 11 heteroatoms. The topological polar surface area (TPSA) is 128 Å². The van der Waals surface area contributed by atoms with E-state index in [0.29, 0.717) is 12.8 Å². The number of aromatic nitrogens is 2. The van der Waals surface area contributed by atoms with Gasteiger partial charge in [-0.2, -0.15) is 14.6 Å². The van der Waals surface area contributed by atoms with Crippen molar-refractivity contribution < 1.29 is 22.7 Å². The second kappa shape index (κ2) is 7.77. The second-order valence-corrected chi connectivity index (χ2v) is 9.54. The molecule has 1 saturated heterocycles. The zero-order valence-corrected chi connectivity index (χ0v) is 16.6. The highest BCUT2D eigenvalue weighted by molar-refractivity contribution is 7.88. The molecule has 0 spiro atoms. The molecule has 2 heterocycles. The second-order valence-electron chi connectivity index (χ2n) is 7.56. The molecule has 1 aromatic heterocycles. The van der Waals surface area contributed by atoms with Gasteiger partial charge in [0.1, 0.15) is 23.9 Å². The van der Waals surface area contributed by atoms with Gasteiger partial charge in [0.2, 0.25) is 21.9 Å². The maximum atomic E-state index is 14.4. The van der Waals surface area contributed by atoms with Crippen molar-refractivity contribution >= 4 is 16.0 Å². The molecule has 3 rings (SSSR count). The molecule has 2 fully saturated rings. The van der Waals surface area contributed by atoms with Crippen LogP contribution in [-0.4, -0.2) is 71.1 Å². The van der Waals surface area contributed by atoms with E-state index in [1.165, 1.54) is 6.20 Å². The number of hydrogen-bond donors (Lipinski definition) is 2. The third-order valence-corrected chi connectivity index (χ3v) is 6.53. The van der Waals surface area contributed by atoms with Crippen LogP contribution >= 0.6 is 0 Å². The smallest absolute Gasteiger partial charge is 0.236 e. The Morgan fingerprint density at radius 2 is 2.25 bits per heavy atom. The summed E-state index contributed by atoms with van der Waals surface area (Å²) in [4.78, 5) is 8.22.